The molecule has 3 aromatic rings. The molecule has 1 aromatic carbocycles. The number of likely N-dealkylation sites (tertiary alicyclic amines) is 1. The summed E-state index contributed by atoms with van der Waals surface area (Å²) < 4.78 is 0. The van der Waals surface area contributed by atoms with Gasteiger partial charge in [-0.2, -0.15) is 16.4 Å². The van der Waals surface area contributed by atoms with E-state index in [4.69, 9.17) is 0 Å². The van der Waals surface area contributed by atoms with Crippen molar-refractivity contribution >= 4 is 17.2 Å². The fourth-order valence-electron chi connectivity index (χ4n) is 3.13. The van der Waals surface area contributed by atoms with E-state index in [9.17, 15) is 4.79 Å². The van der Waals surface area contributed by atoms with E-state index in [0.717, 1.165) is 36.3 Å². The summed E-state index contributed by atoms with van der Waals surface area (Å²) in [5.41, 5.74) is 1.78. The summed E-state index contributed by atoms with van der Waals surface area (Å²) in [7, 11) is 0. The van der Waals surface area contributed by atoms with Gasteiger partial charge in [-0.25, -0.2) is 4.98 Å². The Hall–Kier alpha value is -2.47. The maximum atomic E-state index is 12.6. The van der Waals surface area contributed by atoms with Crippen molar-refractivity contribution in [3.63, 3.8) is 0 Å². The van der Waals surface area contributed by atoms with E-state index in [1.54, 1.807) is 11.3 Å². The fraction of sp³-hybridized carbons (Fsp3) is 0.278. The number of hydrogen-bond acceptors (Lipinski definition) is 4. The van der Waals surface area contributed by atoms with Crippen LogP contribution in [0, 0.1) is 0 Å². The molecule has 0 bridgehead atoms. The molecule has 2 aromatic heterocycles. The quantitative estimate of drug-likeness (QED) is 0.794. The molecule has 1 amide bonds. The molecule has 0 aliphatic carbocycles. The van der Waals surface area contributed by atoms with Crippen LogP contribution in [0.1, 0.15) is 34.9 Å². The van der Waals surface area contributed by atoms with E-state index >= 15 is 0 Å². The largest absolute Gasteiger partial charge is 0.338 e. The molecule has 1 saturated heterocycles. The number of carbonyl (C=O) groups excluding carboxylic acids is 1. The van der Waals surface area contributed by atoms with E-state index in [2.05, 4.69) is 15.2 Å². The molecule has 122 valence electrons. The molecule has 4 rings (SSSR count). The number of hydrogen-bond donors (Lipinski definition) is 1. The van der Waals surface area contributed by atoms with Gasteiger partial charge in [-0.05, 0) is 24.3 Å². The second kappa shape index (κ2) is 6.57. The molecule has 0 radical (unpaired) electrons. The highest BCUT2D eigenvalue weighted by molar-refractivity contribution is 7.08. The van der Waals surface area contributed by atoms with Gasteiger partial charge in [-0.3, -0.25) is 9.89 Å². The summed E-state index contributed by atoms with van der Waals surface area (Å²) in [5.74, 6) is 1.92. The van der Waals surface area contributed by atoms with Gasteiger partial charge in [0.1, 0.15) is 5.82 Å². The molecule has 0 spiro atoms. The second-order valence-corrected chi connectivity index (χ2v) is 6.79. The van der Waals surface area contributed by atoms with Crippen LogP contribution in [0.25, 0.3) is 11.4 Å². The minimum atomic E-state index is 0.115. The number of nitrogens with zero attached hydrogens (tertiary/aromatic N) is 3. The predicted molar refractivity (Wildman–Crippen MR) is 94.0 cm³/mol. The first-order valence-corrected chi connectivity index (χ1v) is 9.05. The number of H-pyrrole nitrogens is 1. The molecule has 1 aliphatic rings. The molecule has 6 heteroatoms. The standard InChI is InChI=1S/C18H18N4OS/c23-18(15-8-10-24-12-15)22-9-4-7-14(11-22)17-19-16(20-21-17)13-5-2-1-3-6-13/h1-3,5-6,8,10,12,14H,4,7,9,11H2,(H,19,20,21)/t14-/m1/s1. The van der Waals surface area contributed by atoms with Crippen molar-refractivity contribution in [2.75, 3.05) is 13.1 Å². The number of aromatic amines is 1. The molecule has 3 heterocycles. The zero-order chi connectivity index (χ0) is 16.4. The van der Waals surface area contributed by atoms with E-state index in [1.807, 2.05) is 52.1 Å². The van der Waals surface area contributed by atoms with Crippen LogP contribution in [-0.2, 0) is 0 Å². The lowest BCUT2D eigenvalue weighted by Gasteiger charge is -2.31. The second-order valence-electron chi connectivity index (χ2n) is 6.01. The van der Waals surface area contributed by atoms with Crippen molar-refractivity contribution in [1.29, 1.82) is 0 Å². The van der Waals surface area contributed by atoms with Gasteiger partial charge in [0, 0.05) is 30.0 Å². The summed E-state index contributed by atoms with van der Waals surface area (Å²) in [4.78, 5) is 19.1. The lowest BCUT2D eigenvalue weighted by Crippen LogP contribution is -2.39. The summed E-state index contributed by atoms with van der Waals surface area (Å²) in [6.45, 7) is 1.50. The van der Waals surface area contributed by atoms with Crippen LogP contribution in [-0.4, -0.2) is 39.1 Å². The molecule has 1 N–H and O–H groups in total. The Kier molecular flexibility index (Phi) is 4.13. The number of benzene rings is 1. The van der Waals surface area contributed by atoms with Crippen molar-refractivity contribution in [3.8, 4) is 11.4 Å². The van der Waals surface area contributed by atoms with Gasteiger partial charge in [-0.15, -0.1) is 0 Å². The van der Waals surface area contributed by atoms with Gasteiger partial charge in [0.05, 0.1) is 5.56 Å². The lowest BCUT2D eigenvalue weighted by atomic mass is 9.97. The molecule has 1 fully saturated rings. The van der Waals surface area contributed by atoms with Gasteiger partial charge in [0.25, 0.3) is 5.91 Å². The van der Waals surface area contributed by atoms with Gasteiger partial charge >= 0.3 is 0 Å². The molecule has 5 nitrogen and oxygen atoms in total. The van der Waals surface area contributed by atoms with Crippen molar-refractivity contribution in [2.24, 2.45) is 0 Å². The van der Waals surface area contributed by atoms with Crippen LogP contribution in [0.2, 0.25) is 0 Å². The summed E-state index contributed by atoms with van der Waals surface area (Å²) in [6, 6.07) is 11.8. The van der Waals surface area contributed by atoms with Gasteiger partial charge in [-0.1, -0.05) is 30.3 Å². The minimum Gasteiger partial charge on any atom is -0.338 e. The van der Waals surface area contributed by atoms with E-state index < -0.39 is 0 Å². The maximum absolute atomic E-state index is 12.6. The number of thiophene rings is 1. The zero-order valence-electron chi connectivity index (χ0n) is 13.2. The molecular formula is C18H18N4OS. The number of piperidine rings is 1. The van der Waals surface area contributed by atoms with Crippen molar-refractivity contribution in [2.45, 2.75) is 18.8 Å². The zero-order valence-corrected chi connectivity index (χ0v) is 14.0. The highest BCUT2D eigenvalue weighted by Crippen LogP contribution is 2.27. The Morgan fingerprint density at radius 2 is 2.12 bits per heavy atom. The van der Waals surface area contributed by atoms with Crippen molar-refractivity contribution in [1.82, 2.24) is 20.1 Å². The highest BCUT2D eigenvalue weighted by atomic mass is 32.1. The predicted octanol–water partition coefficient (Wildman–Crippen LogP) is 3.55. The van der Waals surface area contributed by atoms with Crippen molar-refractivity contribution in [3.05, 3.63) is 58.5 Å². The topological polar surface area (TPSA) is 61.9 Å². The minimum absolute atomic E-state index is 0.115. The summed E-state index contributed by atoms with van der Waals surface area (Å²) in [5, 5.41) is 11.3. The Morgan fingerprint density at radius 3 is 2.92 bits per heavy atom. The van der Waals surface area contributed by atoms with Crippen molar-refractivity contribution < 1.29 is 4.79 Å². The van der Waals surface area contributed by atoms with Crippen LogP contribution >= 0.6 is 11.3 Å². The van der Waals surface area contributed by atoms with Gasteiger partial charge < -0.3 is 4.90 Å². The third-order valence-corrected chi connectivity index (χ3v) is 5.08. The van der Waals surface area contributed by atoms with Crippen LogP contribution < -0.4 is 0 Å². The molecule has 1 atom stereocenters. The number of amides is 1. The molecule has 0 saturated carbocycles. The molecule has 24 heavy (non-hydrogen) atoms. The smallest absolute Gasteiger partial charge is 0.254 e. The monoisotopic (exact) mass is 338 g/mol. The first kappa shape index (κ1) is 15.1. The number of rotatable bonds is 3. The van der Waals surface area contributed by atoms with Crippen LogP contribution in [0.5, 0.6) is 0 Å². The Balaban J connectivity index is 1.50. The van der Waals surface area contributed by atoms with E-state index in [1.165, 1.54) is 0 Å². The fourth-order valence-corrected chi connectivity index (χ4v) is 3.76. The molecule has 0 unspecified atom stereocenters. The Morgan fingerprint density at radius 1 is 1.25 bits per heavy atom. The number of nitrogens with one attached hydrogen (secondary N) is 1. The number of aromatic nitrogens is 3. The third kappa shape index (κ3) is 2.97. The van der Waals surface area contributed by atoms with E-state index in [-0.39, 0.29) is 11.8 Å². The third-order valence-electron chi connectivity index (χ3n) is 4.40. The average molecular weight is 338 g/mol. The van der Waals surface area contributed by atoms with Crippen LogP contribution in [0.4, 0.5) is 0 Å². The SMILES string of the molecule is O=C(c1ccsc1)N1CCC[C@@H](c2nc(-c3ccccc3)n[nH]2)C1. The highest BCUT2D eigenvalue weighted by Gasteiger charge is 2.27. The van der Waals surface area contributed by atoms with E-state index in [0.29, 0.717) is 12.4 Å². The van der Waals surface area contributed by atoms with Gasteiger partial charge in [0.2, 0.25) is 0 Å². The Bertz CT molecular complexity index is 813. The summed E-state index contributed by atoms with van der Waals surface area (Å²) >= 11 is 1.55. The lowest BCUT2D eigenvalue weighted by molar-refractivity contribution is 0.0705. The first-order valence-electron chi connectivity index (χ1n) is 8.10. The van der Waals surface area contributed by atoms with Crippen LogP contribution in [0.15, 0.2) is 47.2 Å². The summed E-state index contributed by atoms with van der Waals surface area (Å²) in [6.07, 6.45) is 2.01. The molecular weight excluding hydrogens is 320 g/mol. The molecule has 1 aliphatic heterocycles. The Labute approximate surface area is 144 Å². The first-order chi connectivity index (χ1) is 11.8. The normalized spacial score (nSPS) is 17.8. The van der Waals surface area contributed by atoms with Gasteiger partial charge in [0.15, 0.2) is 5.82 Å². The maximum Gasteiger partial charge on any atom is 0.254 e. The van der Waals surface area contributed by atoms with Crippen LogP contribution in [0.3, 0.4) is 0 Å². The average Bonchev–Trinajstić information content (AvgIpc) is 3.34. The number of carbonyl (C=O) groups is 1.